The van der Waals surface area contributed by atoms with Gasteiger partial charge in [0, 0.05) is 11.5 Å². The summed E-state index contributed by atoms with van der Waals surface area (Å²) in [6.45, 7) is 0. The molecule has 94 valence electrons. The lowest BCUT2D eigenvalue weighted by atomic mass is 9.94. The Labute approximate surface area is 100 Å². The Balaban J connectivity index is 2.67. The average Bonchev–Trinajstić information content (AvgIpc) is 2.48. The van der Waals surface area contributed by atoms with Crippen LogP contribution in [0.1, 0.15) is 17.2 Å². The van der Waals surface area contributed by atoms with E-state index in [1.54, 1.807) is 5.92 Å². The van der Waals surface area contributed by atoms with Crippen molar-refractivity contribution in [3.63, 3.8) is 0 Å². The molecule has 0 fully saturated rings. The van der Waals surface area contributed by atoms with Crippen LogP contribution in [0.25, 0.3) is 0 Å². The fourth-order valence-electron chi connectivity index (χ4n) is 1.93. The number of fused-ring (bicyclic) bond motifs is 1. The first-order chi connectivity index (χ1) is 8.30. The highest BCUT2D eigenvalue weighted by Crippen LogP contribution is 2.53. The van der Waals surface area contributed by atoms with Gasteiger partial charge in [0.25, 0.3) is 0 Å². The van der Waals surface area contributed by atoms with E-state index >= 15 is 0 Å². The molecule has 6 heteroatoms. The number of carbonyl (C=O) groups is 1. The zero-order chi connectivity index (χ0) is 13.6. The third-order valence-electron chi connectivity index (χ3n) is 2.82. The van der Waals surface area contributed by atoms with Gasteiger partial charge in [0.15, 0.2) is 0 Å². The number of aliphatic hydroxyl groups is 2. The van der Waals surface area contributed by atoms with Gasteiger partial charge >= 0.3 is 11.9 Å². The number of carboxylic acids is 1. The molecule has 2 atom stereocenters. The fourth-order valence-corrected chi connectivity index (χ4v) is 1.93. The minimum atomic E-state index is -3.97. The third kappa shape index (κ3) is 1.49. The van der Waals surface area contributed by atoms with Crippen LogP contribution in [0.15, 0.2) is 24.3 Å². The van der Waals surface area contributed by atoms with Crippen LogP contribution < -0.4 is 0 Å². The van der Waals surface area contributed by atoms with Crippen molar-refractivity contribution in [1.29, 1.82) is 0 Å². The molecule has 0 saturated carbocycles. The van der Waals surface area contributed by atoms with Gasteiger partial charge in [0.05, 0.1) is 0 Å². The molecule has 0 amide bonds. The number of carboxylic acid groups (broad SMARTS) is 1. The molecule has 0 heterocycles. The van der Waals surface area contributed by atoms with Crippen molar-refractivity contribution in [2.45, 2.75) is 17.6 Å². The maximum atomic E-state index is 13.8. The van der Waals surface area contributed by atoms with E-state index in [2.05, 4.69) is 0 Å². The number of alkyl halides is 2. The van der Waals surface area contributed by atoms with E-state index in [0.29, 0.717) is 0 Å². The summed E-state index contributed by atoms with van der Waals surface area (Å²) in [5, 5.41) is 27.8. The number of aliphatic hydroxyl groups excluding tert-OH is 1. The van der Waals surface area contributed by atoms with Crippen LogP contribution in [-0.2, 0) is 10.4 Å². The molecule has 0 aromatic heterocycles. The molecule has 0 saturated heterocycles. The SMILES string of the molecule is O=C(O)C#C[C@]1(O)c2ccccc2[C@@H](O)C1(F)F. The predicted octanol–water partition coefficient (Wildman–Crippen LogP) is 0.645. The zero-order valence-corrected chi connectivity index (χ0v) is 8.89. The van der Waals surface area contributed by atoms with Crippen LogP contribution >= 0.6 is 0 Å². The van der Waals surface area contributed by atoms with E-state index < -0.39 is 23.6 Å². The number of halogens is 2. The molecule has 0 unspecified atom stereocenters. The van der Waals surface area contributed by atoms with Gasteiger partial charge in [-0.1, -0.05) is 24.3 Å². The highest BCUT2D eigenvalue weighted by atomic mass is 19.3. The number of rotatable bonds is 0. The first kappa shape index (κ1) is 12.5. The Bertz CT molecular complexity index is 573. The molecule has 0 radical (unpaired) electrons. The molecule has 1 aliphatic rings. The monoisotopic (exact) mass is 254 g/mol. The molecule has 1 aliphatic carbocycles. The number of benzene rings is 1. The van der Waals surface area contributed by atoms with Crippen molar-refractivity contribution in [1.82, 2.24) is 0 Å². The quantitative estimate of drug-likeness (QED) is 0.594. The van der Waals surface area contributed by atoms with E-state index in [1.807, 2.05) is 0 Å². The van der Waals surface area contributed by atoms with Crippen molar-refractivity contribution in [3.05, 3.63) is 35.4 Å². The summed E-state index contributed by atoms with van der Waals surface area (Å²) in [4.78, 5) is 10.3. The Morgan fingerprint density at radius 1 is 1.33 bits per heavy atom. The minimum absolute atomic E-state index is 0.162. The summed E-state index contributed by atoms with van der Waals surface area (Å²) in [7, 11) is 0. The van der Waals surface area contributed by atoms with Crippen molar-refractivity contribution in [2.24, 2.45) is 0 Å². The second-order valence-corrected chi connectivity index (χ2v) is 3.88. The van der Waals surface area contributed by atoms with Crippen LogP contribution in [0.5, 0.6) is 0 Å². The molecule has 0 bridgehead atoms. The van der Waals surface area contributed by atoms with Crippen molar-refractivity contribution in [2.75, 3.05) is 0 Å². The van der Waals surface area contributed by atoms with Gasteiger partial charge < -0.3 is 15.3 Å². The number of aliphatic carboxylic acids is 1. The Morgan fingerprint density at radius 2 is 1.94 bits per heavy atom. The molecule has 4 nitrogen and oxygen atoms in total. The molecular weight excluding hydrogens is 246 g/mol. The highest BCUT2D eigenvalue weighted by Gasteiger charge is 2.65. The molecule has 1 aromatic rings. The lowest BCUT2D eigenvalue weighted by Gasteiger charge is -2.26. The largest absolute Gasteiger partial charge is 0.472 e. The first-order valence-corrected chi connectivity index (χ1v) is 4.94. The van der Waals surface area contributed by atoms with Gasteiger partial charge in [-0.15, -0.1) is 0 Å². The van der Waals surface area contributed by atoms with Gasteiger partial charge in [0.1, 0.15) is 6.10 Å². The average molecular weight is 254 g/mol. The number of hydrogen-bond donors (Lipinski definition) is 3. The lowest BCUT2D eigenvalue weighted by Crippen LogP contribution is -2.42. The minimum Gasteiger partial charge on any atom is -0.472 e. The molecule has 18 heavy (non-hydrogen) atoms. The first-order valence-electron chi connectivity index (χ1n) is 4.94. The van der Waals surface area contributed by atoms with Crippen LogP contribution in [0.4, 0.5) is 8.78 Å². The molecule has 1 aromatic carbocycles. The Morgan fingerprint density at radius 3 is 2.56 bits per heavy atom. The summed E-state index contributed by atoms with van der Waals surface area (Å²) in [6.07, 6.45) is -2.22. The second kappa shape index (κ2) is 3.77. The van der Waals surface area contributed by atoms with Crippen molar-refractivity contribution >= 4 is 5.97 Å². The summed E-state index contributed by atoms with van der Waals surface area (Å²) in [6, 6.07) is 5.22. The van der Waals surface area contributed by atoms with E-state index in [9.17, 15) is 23.8 Å². The second-order valence-electron chi connectivity index (χ2n) is 3.88. The Hall–Kier alpha value is -1.97. The predicted molar refractivity (Wildman–Crippen MR) is 55.7 cm³/mol. The normalized spacial score (nSPS) is 28.1. The molecular formula is C12H8F2O4. The van der Waals surface area contributed by atoms with Crippen LogP contribution in [0, 0.1) is 11.8 Å². The molecule has 0 aliphatic heterocycles. The molecule has 0 spiro atoms. The van der Waals surface area contributed by atoms with E-state index in [-0.39, 0.29) is 11.1 Å². The molecule has 2 rings (SSSR count). The van der Waals surface area contributed by atoms with Crippen molar-refractivity contribution < 1.29 is 28.9 Å². The lowest BCUT2D eigenvalue weighted by molar-refractivity contribution is -0.197. The zero-order valence-electron chi connectivity index (χ0n) is 8.89. The topological polar surface area (TPSA) is 77.8 Å². The van der Waals surface area contributed by atoms with Crippen molar-refractivity contribution in [3.8, 4) is 11.8 Å². The van der Waals surface area contributed by atoms with Gasteiger partial charge in [-0.2, -0.15) is 8.78 Å². The van der Waals surface area contributed by atoms with Crippen LogP contribution in [0.3, 0.4) is 0 Å². The van der Waals surface area contributed by atoms with E-state index in [1.165, 1.54) is 30.2 Å². The van der Waals surface area contributed by atoms with E-state index in [4.69, 9.17) is 5.11 Å². The molecule has 3 N–H and O–H groups in total. The summed E-state index contributed by atoms with van der Waals surface area (Å²) < 4.78 is 27.7. The number of hydrogen-bond acceptors (Lipinski definition) is 3. The maximum absolute atomic E-state index is 13.8. The third-order valence-corrected chi connectivity index (χ3v) is 2.82. The Kier molecular flexibility index (Phi) is 2.61. The van der Waals surface area contributed by atoms with Gasteiger partial charge in [0.2, 0.25) is 5.60 Å². The summed E-state index contributed by atoms with van der Waals surface area (Å²) in [5.41, 5.74) is -3.44. The van der Waals surface area contributed by atoms with Gasteiger partial charge in [-0.25, -0.2) is 4.79 Å². The summed E-state index contributed by atoms with van der Waals surface area (Å²) >= 11 is 0. The van der Waals surface area contributed by atoms with Gasteiger partial charge in [-0.3, -0.25) is 0 Å². The highest BCUT2D eigenvalue weighted by molar-refractivity contribution is 5.87. The fraction of sp³-hybridized carbons (Fsp3) is 0.250. The summed E-state index contributed by atoms with van der Waals surface area (Å²) in [5.74, 6) is -2.51. The van der Waals surface area contributed by atoms with Crippen LogP contribution in [-0.4, -0.2) is 27.2 Å². The van der Waals surface area contributed by atoms with Crippen LogP contribution in [0.2, 0.25) is 0 Å². The smallest absolute Gasteiger partial charge is 0.382 e. The maximum Gasteiger partial charge on any atom is 0.382 e. The standard InChI is InChI=1S/C12H8F2O4/c13-12(14)10(17)7-3-1-2-4-8(7)11(12,18)6-5-9(15)16/h1-4,10,17-18H,(H,15,16)/t10-,11+/m1/s1. The van der Waals surface area contributed by atoms with E-state index in [0.717, 1.165) is 0 Å². The van der Waals surface area contributed by atoms with Gasteiger partial charge in [-0.05, 0) is 11.5 Å².